The molecular formula is C24H25N3O4S. The Balaban J connectivity index is 1.48. The van der Waals surface area contributed by atoms with Crippen LogP contribution in [0.1, 0.15) is 23.6 Å². The topological polar surface area (TPSA) is 88.1 Å². The smallest absolute Gasteiger partial charge is 0.260 e. The number of hydrogen-bond donors (Lipinski definition) is 1. The number of rotatable bonds is 8. The van der Waals surface area contributed by atoms with E-state index in [2.05, 4.69) is 22.7 Å². The minimum atomic E-state index is -3.67. The zero-order chi connectivity index (χ0) is 22.7. The van der Waals surface area contributed by atoms with Crippen molar-refractivity contribution in [2.75, 3.05) is 23.7 Å². The molecule has 4 rings (SSSR count). The van der Waals surface area contributed by atoms with Gasteiger partial charge in [0.15, 0.2) is 0 Å². The van der Waals surface area contributed by atoms with Gasteiger partial charge in [-0.05, 0) is 65.9 Å². The third kappa shape index (κ3) is 4.60. The standard InChI is InChI=1S/C24H25N3O4S/c1-3-31-21-13-11-20(12-14-21)27(32(2,29)30)16-23(28)26-25-15-19-10-9-18-8-7-17-5-4-6-22(19)24(17)18/h4-6,9-15H,3,7-8,16H2,1-2H3,(H,26,28). The van der Waals surface area contributed by atoms with Crippen LogP contribution in [0.2, 0.25) is 0 Å². The number of hydrazone groups is 1. The fraction of sp³-hybridized carbons (Fsp3) is 0.250. The van der Waals surface area contributed by atoms with Crippen molar-refractivity contribution in [1.29, 1.82) is 0 Å². The van der Waals surface area contributed by atoms with Gasteiger partial charge in [0.25, 0.3) is 5.91 Å². The molecule has 3 aromatic carbocycles. The van der Waals surface area contributed by atoms with Gasteiger partial charge in [-0.15, -0.1) is 0 Å². The lowest BCUT2D eigenvalue weighted by molar-refractivity contribution is -0.119. The van der Waals surface area contributed by atoms with Crippen molar-refractivity contribution in [3.05, 3.63) is 71.3 Å². The lowest BCUT2D eigenvalue weighted by Gasteiger charge is -2.21. The van der Waals surface area contributed by atoms with Crippen molar-refractivity contribution in [2.45, 2.75) is 19.8 Å². The Morgan fingerprint density at radius 2 is 1.81 bits per heavy atom. The lowest BCUT2D eigenvalue weighted by atomic mass is 10.0. The summed E-state index contributed by atoms with van der Waals surface area (Å²) in [4.78, 5) is 12.5. The van der Waals surface area contributed by atoms with E-state index in [0.717, 1.165) is 34.4 Å². The first-order chi connectivity index (χ1) is 15.4. The number of aryl methyl sites for hydroxylation is 2. The molecule has 0 unspecified atom stereocenters. The molecule has 3 aromatic rings. The molecule has 0 aliphatic heterocycles. The zero-order valence-corrected chi connectivity index (χ0v) is 18.9. The van der Waals surface area contributed by atoms with Crippen molar-refractivity contribution in [3.63, 3.8) is 0 Å². The van der Waals surface area contributed by atoms with Crippen LogP contribution in [-0.2, 0) is 27.7 Å². The molecule has 0 spiro atoms. The lowest BCUT2D eigenvalue weighted by Crippen LogP contribution is -2.39. The summed E-state index contributed by atoms with van der Waals surface area (Å²) in [7, 11) is -3.67. The van der Waals surface area contributed by atoms with Gasteiger partial charge in [-0.1, -0.05) is 30.3 Å². The van der Waals surface area contributed by atoms with E-state index in [1.54, 1.807) is 30.5 Å². The molecule has 0 heterocycles. The normalized spacial score (nSPS) is 12.9. The Hall–Kier alpha value is -3.39. The molecule has 166 valence electrons. The average molecular weight is 452 g/mol. The van der Waals surface area contributed by atoms with E-state index in [1.165, 1.54) is 16.5 Å². The van der Waals surface area contributed by atoms with Crippen molar-refractivity contribution in [3.8, 4) is 5.75 Å². The fourth-order valence-electron chi connectivity index (χ4n) is 4.00. The van der Waals surface area contributed by atoms with E-state index in [0.29, 0.717) is 18.0 Å². The molecule has 0 fully saturated rings. The summed E-state index contributed by atoms with van der Waals surface area (Å²) in [5.74, 6) is 0.0932. The highest BCUT2D eigenvalue weighted by atomic mass is 32.2. The number of amides is 1. The highest BCUT2D eigenvalue weighted by molar-refractivity contribution is 7.92. The van der Waals surface area contributed by atoms with Crippen LogP contribution in [0.3, 0.4) is 0 Å². The molecule has 0 saturated heterocycles. The van der Waals surface area contributed by atoms with E-state index in [9.17, 15) is 13.2 Å². The van der Waals surface area contributed by atoms with Crippen LogP contribution in [0.15, 0.2) is 59.7 Å². The average Bonchev–Trinajstić information content (AvgIpc) is 3.19. The number of benzene rings is 3. The number of sulfonamides is 1. The second-order valence-corrected chi connectivity index (χ2v) is 9.55. The minimum absolute atomic E-state index is 0.377. The van der Waals surface area contributed by atoms with E-state index in [4.69, 9.17) is 4.74 Å². The minimum Gasteiger partial charge on any atom is -0.494 e. The summed E-state index contributed by atoms with van der Waals surface area (Å²) >= 11 is 0. The summed E-state index contributed by atoms with van der Waals surface area (Å²) in [6, 6.07) is 16.9. The predicted octanol–water partition coefficient (Wildman–Crippen LogP) is 3.25. The first-order valence-electron chi connectivity index (χ1n) is 10.4. The van der Waals surface area contributed by atoms with Crippen molar-refractivity contribution >= 4 is 38.6 Å². The highest BCUT2D eigenvalue weighted by Crippen LogP contribution is 2.32. The summed E-state index contributed by atoms with van der Waals surface area (Å²) in [6.45, 7) is 1.99. The van der Waals surface area contributed by atoms with Gasteiger partial charge in [0.2, 0.25) is 10.0 Å². The van der Waals surface area contributed by atoms with Gasteiger partial charge in [0.05, 0.1) is 24.8 Å². The van der Waals surface area contributed by atoms with Gasteiger partial charge >= 0.3 is 0 Å². The van der Waals surface area contributed by atoms with Crippen molar-refractivity contribution < 1.29 is 17.9 Å². The summed E-state index contributed by atoms with van der Waals surface area (Å²) in [5.41, 5.74) is 6.38. The van der Waals surface area contributed by atoms with Crippen molar-refractivity contribution in [1.82, 2.24) is 5.43 Å². The van der Waals surface area contributed by atoms with Crippen LogP contribution in [0.25, 0.3) is 10.8 Å². The number of carbonyl (C=O) groups excluding carboxylic acids is 1. The number of carbonyl (C=O) groups is 1. The van der Waals surface area contributed by atoms with Crippen LogP contribution < -0.4 is 14.5 Å². The molecule has 0 aromatic heterocycles. The Morgan fingerprint density at radius 1 is 1.09 bits per heavy atom. The maximum absolute atomic E-state index is 12.5. The number of anilines is 1. The Morgan fingerprint density at radius 3 is 2.50 bits per heavy atom. The predicted molar refractivity (Wildman–Crippen MR) is 127 cm³/mol. The summed E-state index contributed by atoms with van der Waals surface area (Å²) in [6.07, 6.45) is 4.74. The molecule has 1 aliphatic carbocycles. The van der Waals surface area contributed by atoms with Crippen LogP contribution in [0.5, 0.6) is 5.75 Å². The fourth-order valence-corrected chi connectivity index (χ4v) is 4.85. The molecule has 32 heavy (non-hydrogen) atoms. The van der Waals surface area contributed by atoms with Gasteiger partial charge in [-0.25, -0.2) is 13.8 Å². The van der Waals surface area contributed by atoms with Gasteiger partial charge in [0, 0.05) is 5.56 Å². The molecule has 0 radical (unpaired) electrons. The molecule has 1 amide bonds. The van der Waals surface area contributed by atoms with Gasteiger partial charge < -0.3 is 4.74 Å². The number of hydrogen-bond acceptors (Lipinski definition) is 5. The van der Waals surface area contributed by atoms with Crippen molar-refractivity contribution in [2.24, 2.45) is 5.10 Å². The SMILES string of the molecule is CCOc1ccc(N(CC(=O)NN=Cc2ccc3c4c(cccc24)CC3)S(C)(=O)=O)cc1. The molecule has 7 nitrogen and oxygen atoms in total. The van der Waals surface area contributed by atoms with E-state index >= 15 is 0 Å². The monoisotopic (exact) mass is 451 g/mol. The van der Waals surface area contributed by atoms with Crippen LogP contribution >= 0.6 is 0 Å². The molecule has 1 aliphatic rings. The first-order valence-corrected chi connectivity index (χ1v) is 12.3. The van der Waals surface area contributed by atoms with Gasteiger partial charge in [-0.3, -0.25) is 9.10 Å². The third-order valence-corrected chi connectivity index (χ3v) is 6.57. The Bertz CT molecular complexity index is 1270. The third-order valence-electron chi connectivity index (χ3n) is 5.43. The molecule has 0 bridgehead atoms. The number of nitrogens with zero attached hydrogens (tertiary/aromatic N) is 2. The van der Waals surface area contributed by atoms with E-state index in [-0.39, 0.29) is 6.54 Å². The van der Waals surface area contributed by atoms with Crippen LogP contribution in [0.4, 0.5) is 5.69 Å². The van der Waals surface area contributed by atoms with E-state index < -0.39 is 15.9 Å². The summed E-state index contributed by atoms with van der Waals surface area (Å²) < 4.78 is 31.0. The zero-order valence-electron chi connectivity index (χ0n) is 18.0. The largest absolute Gasteiger partial charge is 0.494 e. The highest BCUT2D eigenvalue weighted by Gasteiger charge is 2.21. The second-order valence-electron chi connectivity index (χ2n) is 7.64. The maximum atomic E-state index is 12.5. The van der Waals surface area contributed by atoms with Crippen LogP contribution in [-0.4, -0.2) is 39.9 Å². The van der Waals surface area contributed by atoms with Gasteiger partial charge in [-0.2, -0.15) is 5.10 Å². The first kappa shape index (κ1) is 21.8. The number of ether oxygens (including phenoxy) is 1. The second kappa shape index (κ2) is 9.00. The summed E-state index contributed by atoms with van der Waals surface area (Å²) in [5, 5.41) is 6.44. The molecule has 0 saturated carbocycles. The Labute approximate surface area is 187 Å². The molecule has 1 N–H and O–H groups in total. The molecule has 8 heteroatoms. The Kier molecular flexibility index (Phi) is 6.14. The molecule has 0 atom stereocenters. The number of nitrogens with one attached hydrogen (secondary N) is 1. The van der Waals surface area contributed by atoms with Gasteiger partial charge in [0.1, 0.15) is 12.3 Å². The van der Waals surface area contributed by atoms with E-state index in [1.807, 2.05) is 25.1 Å². The maximum Gasteiger partial charge on any atom is 0.260 e. The quantitative estimate of drug-likeness (QED) is 0.421. The molecular weight excluding hydrogens is 426 g/mol. The van der Waals surface area contributed by atoms with Crippen LogP contribution in [0, 0.1) is 0 Å².